The number of hydrogen-bond acceptors (Lipinski definition) is 1. The molecule has 0 radical (unpaired) electrons. The fraction of sp³-hybridized carbons (Fsp3) is 1.00. The lowest BCUT2D eigenvalue weighted by molar-refractivity contribution is 0.130. The van der Waals surface area contributed by atoms with E-state index in [2.05, 4.69) is 19.2 Å². The third kappa shape index (κ3) is 1.31. The lowest BCUT2D eigenvalue weighted by atomic mass is 9.71. The van der Waals surface area contributed by atoms with Gasteiger partial charge in [-0.05, 0) is 24.7 Å². The fourth-order valence-electron chi connectivity index (χ4n) is 2.81. The summed E-state index contributed by atoms with van der Waals surface area (Å²) in [7, 11) is 0. The van der Waals surface area contributed by atoms with Crippen LogP contribution in [-0.2, 0) is 0 Å². The van der Waals surface area contributed by atoms with Gasteiger partial charge in [0.15, 0.2) is 0 Å². The van der Waals surface area contributed by atoms with Crippen LogP contribution in [0.15, 0.2) is 0 Å². The molecule has 2 saturated carbocycles. The molecule has 64 valence electrons. The zero-order chi connectivity index (χ0) is 7.84. The van der Waals surface area contributed by atoms with E-state index in [1.165, 1.54) is 25.7 Å². The summed E-state index contributed by atoms with van der Waals surface area (Å²) in [6.07, 6.45) is 5.96. The van der Waals surface area contributed by atoms with Gasteiger partial charge in [0.25, 0.3) is 0 Å². The average Bonchev–Trinajstić information content (AvgIpc) is 2.26. The van der Waals surface area contributed by atoms with E-state index in [4.69, 9.17) is 0 Å². The van der Waals surface area contributed by atoms with E-state index < -0.39 is 0 Å². The molecule has 0 saturated heterocycles. The van der Waals surface area contributed by atoms with E-state index in [0.29, 0.717) is 6.04 Å². The molecule has 0 aromatic carbocycles. The van der Waals surface area contributed by atoms with Crippen LogP contribution in [0.25, 0.3) is 0 Å². The Labute approximate surface area is 69.6 Å². The molecule has 2 rings (SSSR count). The van der Waals surface area contributed by atoms with Crippen LogP contribution in [-0.4, -0.2) is 12.1 Å². The van der Waals surface area contributed by atoms with E-state index in [1.54, 1.807) is 0 Å². The fourth-order valence-corrected chi connectivity index (χ4v) is 2.81. The molecule has 2 fully saturated rings. The van der Waals surface area contributed by atoms with Gasteiger partial charge in [0.05, 0.1) is 0 Å². The second-order valence-corrected chi connectivity index (χ2v) is 4.52. The molecular weight excluding hydrogens is 134 g/mol. The van der Waals surface area contributed by atoms with Gasteiger partial charge in [-0.2, -0.15) is 0 Å². The number of hydrogen-bond donors (Lipinski definition) is 1. The van der Waals surface area contributed by atoms with Crippen molar-refractivity contribution in [3.63, 3.8) is 0 Å². The summed E-state index contributed by atoms with van der Waals surface area (Å²) in [6, 6.07) is 1.56. The first-order valence-electron chi connectivity index (χ1n) is 5.03. The lowest BCUT2D eigenvalue weighted by Crippen LogP contribution is -2.50. The number of rotatable bonds is 2. The van der Waals surface area contributed by atoms with Crippen molar-refractivity contribution >= 4 is 0 Å². The van der Waals surface area contributed by atoms with Crippen molar-refractivity contribution in [1.82, 2.24) is 5.32 Å². The average molecular weight is 153 g/mol. The molecule has 3 atom stereocenters. The molecule has 11 heavy (non-hydrogen) atoms. The molecule has 1 nitrogen and oxygen atoms in total. The van der Waals surface area contributed by atoms with E-state index >= 15 is 0 Å². The van der Waals surface area contributed by atoms with Crippen LogP contribution in [0.3, 0.4) is 0 Å². The molecular formula is C10H19N. The van der Waals surface area contributed by atoms with Crippen LogP contribution in [0.5, 0.6) is 0 Å². The quantitative estimate of drug-likeness (QED) is 0.641. The highest BCUT2D eigenvalue weighted by Gasteiger charge is 2.43. The van der Waals surface area contributed by atoms with Crippen molar-refractivity contribution in [2.45, 2.75) is 51.6 Å². The predicted octanol–water partition coefficient (Wildman–Crippen LogP) is 2.17. The maximum atomic E-state index is 3.65. The molecule has 0 bridgehead atoms. The van der Waals surface area contributed by atoms with Crippen molar-refractivity contribution in [2.75, 3.05) is 0 Å². The Balaban J connectivity index is 1.81. The summed E-state index contributed by atoms with van der Waals surface area (Å²) in [6.45, 7) is 4.50. The molecule has 0 amide bonds. The summed E-state index contributed by atoms with van der Waals surface area (Å²) in [5, 5.41) is 3.65. The second kappa shape index (κ2) is 2.78. The lowest BCUT2D eigenvalue weighted by Gasteiger charge is -2.42. The van der Waals surface area contributed by atoms with Crippen molar-refractivity contribution < 1.29 is 0 Å². The van der Waals surface area contributed by atoms with Gasteiger partial charge in [0.2, 0.25) is 0 Å². The molecule has 0 aliphatic heterocycles. The summed E-state index contributed by atoms with van der Waals surface area (Å²) in [4.78, 5) is 0. The van der Waals surface area contributed by atoms with Gasteiger partial charge in [0, 0.05) is 12.1 Å². The zero-order valence-electron chi connectivity index (χ0n) is 7.64. The maximum absolute atomic E-state index is 3.65. The van der Waals surface area contributed by atoms with E-state index in [9.17, 15) is 0 Å². The Morgan fingerprint density at radius 1 is 1.27 bits per heavy atom. The summed E-state index contributed by atoms with van der Waals surface area (Å²) < 4.78 is 0. The van der Waals surface area contributed by atoms with Crippen LogP contribution < -0.4 is 5.32 Å². The van der Waals surface area contributed by atoms with Crippen LogP contribution in [0.2, 0.25) is 0 Å². The minimum absolute atomic E-state index is 0.682. The number of nitrogens with one attached hydrogen (secondary N) is 1. The first kappa shape index (κ1) is 7.60. The van der Waals surface area contributed by atoms with Gasteiger partial charge in [-0.15, -0.1) is 0 Å². The molecule has 1 unspecified atom stereocenters. The molecule has 0 heterocycles. The van der Waals surface area contributed by atoms with Crippen molar-refractivity contribution in [3.8, 4) is 0 Å². The van der Waals surface area contributed by atoms with Crippen LogP contribution in [0.1, 0.15) is 39.5 Å². The highest BCUT2D eigenvalue weighted by molar-refractivity contribution is 4.98. The first-order chi connectivity index (χ1) is 5.27. The van der Waals surface area contributed by atoms with Gasteiger partial charge in [-0.25, -0.2) is 0 Å². The smallest absolute Gasteiger partial charge is 0.0103 e. The molecule has 1 heteroatoms. The monoisotopic (exact) mass is 153 g/mol. The highest BCUT2D eigenvalue weighted by Crippen LogP contribution is 2.46. The van der Waals surface area contributed by atoms with Gasteiger partial charge in [-0.1, -0.05) is 26.7 Å². The third-order valence-electron chi connectivity index (χ3n) is 3.34. The van der Waals surface area contributed by atoms with E-state index in [-0.39, 0.29) is 0 Å². The number of fused-ring (bicyclic) bond motifs is 1. The molecule has 1 N–H and O–H groups in total. The van der Waals surface area contributed by atoms with E-state index in [1.807, 2.05) is 0 Å². The Morgan fingerprint density at radius 2 is 2.09 bits per heavy atom. The largest absolute Gasteiger partial charge is 0.311 e. The van der Waals surface area contributed by atoms with E-state index in [0.717, 1.165) is 17.9 Å². The van der Waals surface area contributed by atoms with Crippen molar-refractivity contribution in [1.29, 1.82) is 0 Å². The molecule has 0 aromatic rings. The summed E-state index contributed by atoms with van der Waals surface area (Å²) in [5.41, 5.74) is 0. The van der Waals surface area contributed by atoms with Crippen molar-refractivity contribution in [2.24, 2.45) is 11.8 Å². The summed E-state index contributed by atoms with van der Waals surface area (Å²) >= 11 is 0. The van der Waals surface area contributed by atoms with Crippen LogP contribution >= 0.6 is 0 Å². The highest BCUT2D eigenvalue weighted by atomic mass is 15.0. The van der Waals surface area contributed by atoms with Gasteiger partial charge in [-0.3, -0.25) is 0 Å². The van der Waals surface area contributed by atoms with Crippen LogP contribution in [0, 0.1) is 11.8 Å². The molecule has 0 aromatic heterocycles. The van der Waals surface area contributed by atoms with Crippen molar-refractivity contribution in [3.05, 3.63) is 0 Å². The third-order valence-corrected chi connectivity index (χ3v) is 3.34. The standard InChI is InChI=1S/C10H19N/c1-7(2)11-10-6-8-4-3-5-9(8)10/h7-11H,3-6H2,1-2H3/t8-,9-,10?/m0/s1. The normalized spacial score (nSPS) is 42.3. The second-order valence-electron chi connectivity index (χ2n) is 4.52. The minimum atomic E-state index is 0.682. The maximum Gasteiger partial charge on any atom is 0.0103 e. The molecule has 2 aliphatic carbocycles. The molecule has 2 aliphatic rings. The van der Waals surface area contributed by atoms with Crippen LogP contribution in [0.4, 0.5) is 0 Å². The first-order valence-corrected chi connectivity index (χ1v) is 5.03. The summed E-state index contributed by atoms with van der Waals surface area (Å²) in [5.74, 6) is 2.16. The SMILES string of the molecule is CC(C)NC1C[C@@H]2CCC[C@H]12. The van der Waals surface area contributed by atoms with Gasteiger partial charge >= 0.3 is 0 Å². The topological polar surface area (TPSA) is 12.0 Å². The Morgan fingerprint density at radius 3 is 2.73 bits per heavy atom. The Hall–Kier alpha value is -0.0400. The zero-order valence-corrected chi connectivity index (χ0v) is 7.64. The molecule has 0 spiro atoms. The predicted molar refractivity (Wildman–Crippen MR) is 47.5 cm³/mol. The Kier molecular flexibility index (Phi) is 1.92. The Bertz CT molecular complexity index is 142. The minimum Gasteiger partial charge on any atom is -0.311 e. The van der Waals surface area contributed by atoms with Gasteiger partial charge in [0.1, 0.15) is 0 Å². The van der Waals surface area contributed by atoms with Gasteiger partial charge < -0.3 is 5.32 Å².